The summed E-state index contributed by atoms with van der Waals surface area (Å²) < 4.78 is 26.6. The highest BCUT2D eigenvalue weighted by molar-refractivity contribution is 7.89. The van der Waals surface area contributed by atoms with Gasteiger partial charge in [-0.2, -0.15) is 0 Å². The summed E-state index contributed by atoms with van der Waals surface area (Å²) >= 11 is 0. The van der Waals surface area contributed by atoms with Crippen molar-refractivity contribution >= 4 is 15.9 Å². The van der Waals surface area contributed by atoms with E-state index in [1.165, 1.54) is 12.8 Å². The van der Waals surface area contributed by atoms with Gasteiger partial charge >= 0.3 is 0 Å². The highest BCUT2D eigenvalue weighted by atomic mass is 32.2. The molecule has 2 aliphatic rings. The molecule has 2 atom stereocenters. The molecule has 2 unspecified atom stereocenters. The van der Waals surface area contributed by atoms with Crippen LogP contribution in [-0.2, 0) is 14.8 Å². The second-order valence-electron chi connectivity index (χ2n) is 5.41. The topological polar surface area (TPSA) is 87.3 Å². The van der Waals surface area contributed by atoms with E-state index in [1.54, 1.807) is 0 Å². The van der Waals surface area contributed by atoms with E-state index in [2.05, 4.69) is 15.4 Å². The number of rotatable bonds is 5. The van der Waals surface area contributed by atoms with E-state index >= 15 is 0 Å². The molecule has 2 rings (SSSR count). The van der Waals surface area contributed by atoms with E-state index in [-0.39, 0.29) is 17.7 Å². The van der Waals surface area contributed by atoms with Crippen molar-refractivity contribution in [1.29, 1.82) is 0 Å². The second-order valence-corrected chi connectivity index (χ2v) is 7.29. The molecule has 0 spiro atoms. The Bertz CT molecular complexity index is 394. The second kappa shape index (κ2) is 6.67. The van der Waals surface area contributed by atoms with Crippen molar-refractivity contribution in [3.63, 3.8) is 0 Å². The fourth-order valence-corrected chi connectivity index (χ4v) is 4.04. The molecule has 0 bridgehead atoms. The number of hydrogen-bond acceptors (Lipinski definition) is 4. The number of hydrogen-bond donors (Lipinski definition) is 3. The first-order valence-corrected chi connectivity index (χ1v) is 8.70. The summed E-state index contributed by atoms with van der Waals surface area (Å²) in [5.41, 5.74) is 0. The molecule has 7 heteroatoms. The Morgan fingerprint density at radius 3 is 2.74 bits per heavy atom. The summed E-state index contributed by atoms with van der Waals surface area (Å²) in [7, 11) is -3.24. The Hall–Kier alpha value is -0.660. The van der Waals surface area contributed by atoms with E-state index in [0.29, 0.717) is 31.8 Å². The number of amides is 1. The van der Waals surface area contributed by atoms with E-state index in [4.69, 9.17) is 0 Å². The number of sulfonamides is 1. The van der Waals surface area contributed by atoms with Crippen LogP contribution in [0.4, 0.5) is 0 Å². The monoisotopic (exact) mass is 289 g/mol. The van der Waals surface area contributed by atoms with Crippen LogP contribution in [0.5, 0.6) is 0 Å². The number of carbonyl (C=O) groups is 1. The van der Waals surface area contributed by atoms with Gasteiger partial charge in [-0.1, -0.05) is 6.42 Å². The van der Waals surface area contributed by atoms with E-state index in [0.717, 1.165) is 13.0 Å². The smallest absolute Gasteiger partial charge is 0.220 e. The van der Waals surface area contributed by atoms with Crippen molar-refractivity contribution in [2.45, 2.75) is 50.6 Å². The SMILES string of the molecule is O=C1CCC(NS(=O)(=O)CCC2CCCCN2)CN1. The third-order valence-corrected chi connectivity index (χ3v) is 5.22. The standard InChI is InChI=1S/C12H23N3O3S/c16-12-5-4-11(9-14-12)15-19(17,18)8-6-10-3-1-2-7-13-10/h10-11,13,15H,1-9H2,(H,14,16). The average Bonchev–Trinajstić information content (AvgIpc) is 2.40. The van der Waals surface area contributed by atoms with Crippen LogP contribution >= 0.6 is 0 Å². The van der Waals surface area contributed by atoms with Crippen LogP contribution < -0.4 is 15.4 Å². The molecule has 2 fully saturated rings. The Balaban J connectivity index is 1.73. The maximum atomic E-state index is 12.0. The Morgan fingerprint density at radius 1 is 1.26 bits per heavy atom. The lowest BCUT2D eigenvalue weighted by molar-refractivity contribution is -0.122. The van der Waals surface area contributed by atoms with Crippen molar-refractivity contribution in [2.75, 3.05) is 18.8 Å². The molecule has 3 N–H and O–H groups in total. The van der Waals surface area contributed by atoms with Crippen LogP contribution in [0.1, 0.15) is 38.5 Å². The first-order chi connectivity index (χ1) is 9.05. The van der Waals surface area contributed by atoms with Crippen LogP contribution in [0.3, 0.4) is 0 Å². The highest BCUT2D eigenvalue weighted by Gasteiger charge is 2.24. The van der Waals surface area contributed by atoms with Gasteiger partial charge in [0.2, 0.25) is 15.9 Å². The van der Waals surface area contributed by atoms with E-state index in [9.17, 15) is 13.2 Å². The van der Waals surface area contributed by atoms with Crippen LogP contribution in [0.15, 0.2) is 0 Å². The van der Waals surface area contributed by atoms with Gasteiger partial charge in [0, 0.05) is 25.0 Å². The maximum Gasteiger partial charge on any atom is 0.220 e. The molecule has 0 radical (unpaired) electrons. The van der Waals surface area contributed by atoms with E-state index in [1.807, 2.05) is 0 Å². The normalized spacial score (nSPS) is 28.9. The van der Waals surface area contributed by atoms with Gasteiger partial charge in [0.15, 0.2) is 0 Å². The summed E-state index contributed by atoms with van der Waals surface area (Å²) in [5.74, 6) is 0.164. The molecule has 2 heterocycles. The van der Waals surface area contributed by atoms with E-state index < -0.39 is 10.0 Å². The summed E-state index contributed by atoms with van der Waals surface area (Å²) in [6.07, 6.45) is 5.08. The maximum absolute atomic E-state index is 12.0. The van der Waals surface area contributed by atoms with Gasteiger partial charge in [0.1, 0.15) is 0 Å². The third kappa shape index (κ3) is 5.08. The molecule has 110 valence electrons. The van der Waals surface area contributed by atoms with Crippen molar-refractivity contribution < 1.29 is 13.2 Å². The predicted octanol–water partition coefficient (Wildman–Crippen LogP) is -0.283. The molecular formula is C12H23N3O3S. The molecule has 2 saturated heterocycles. The molecule has 2 aliphatic heterocycles. The number of carbonyl (C=O) groups excluding carboxylic acids is 1. The quantitative estimate of drug-likeness (QED) is 0.649. The Labute approximate surface area is 114 Å². The van der Waals surface area contributed by atoms with Crippen LogP contribution in [-0.4, -0.2) is 45.3 Å². The minimum Gasteiger partial charge on any atom is -0.355 e. The molecule has 19 heavy (non-hydrogen) atoms. The Kier molecular flexibility index (Phi) is 5.18. The molecule has 0 aromatic carbocycles. The van der Waals surface area contributed by atoms with Gasteiger partial charge in [-0.25, -0.2) is 13.1 Å². The van der Waals surface area contributed by atoms with Gasteiger partial charge in [0.05, 0.1) is 5.75 Å². The minimum atomic E-state index is -3.24. The average molecular weight is 289 g/mol. The molecule has 0 aromatic rings. The molecule has 1 amide bonds. The summed E-state index contributed by atoms with van der Waals surface area (Å²) in [4.78, 5) is 11.0. The van der Waals surface area contributed by atoms with Crippen LogP contribution in [0, 0.1) is 0 Å². The molecule has 0 aromatic heterocycles. The van der Waals surface area contributed by atoms with Crippen LogP contribution in [0.2, 0.25) is 0 Å². The third-order valence-electron chi connectivity index (χ3n) is 3.76. The summed E-state index contributed by atoms with van der Waals surface area (Å²) in [6, 6.07) is 0.179. The number of piperidine rings is 2. The summed E-state index contributed by atoms with van der Waals surface area (Å²) in [5, 5.41) is 6.03. The molecule has 0 aliphatic carbocycles. The van der Waals surface area contributed by atoms with Gasteiger partial charge in [-0.15, -0.1) is 0 Å². The first-order valence-electron chi connectivity index (χ1n) is 7.05. The zero-order valence-corrected chi connectivity index (χ0v) is 12.0. The fraction of sp³-hybridized carbons (Fsp3) is 0.917. The predicted molar refractivity (Wildman–Crippen MR) is 73.2 cm³/mol. The molecular weight excluding hydrogens is 266 g/mol. The lowest BCUT2D eigenvalue weighted by atomic mass is 10.0. The van der Waals surface area contributed by atoms with Crippen molar-refractivity contribution in [1.82, 2.24) is 15.4 Å². The fourth-order valence-electron chi connectivity index (χ4n) is 2.61. The van der Waals surface area contributed by atoms with Crippen molar-refractivity contribution in [3.8, 4) is 0 Å². The zero-order valence-electron chi connectivity index (χ0n) is 11.2. The van der Waals surface area contributed by atoms with Gasteiger partial charge in [-0.3, -0.25) is 4.79 Å². The van der Waals surface area contributed by atoms with Crippen molar-refractivity contribution in [2.24, 2.45) is 0 Å². The van der Waals surface area contributed by atoms with Crippen molar-refractivity contribution in [3.05, 3.63) is 0 Å². The molecule has 6 nitrogen and oxygen atoms in total. The van der Waals surface area contributed by atoms with Gasteiger partial charge in [0.25, 0.3) is 0 Å². The Morgan fingerprint density at radius 2 is 2.11 bits per heavy atom. The highest BCUT2D eigenvalue weighted by Crippen LogP contribution is 2.11. The van der Waals surface area contributed by atoms with Gasteiger partial charge < -0.3 is 10.6 Å². The zero-order chi connectivity index (χ0) is 13.7. The lowest BCUT2D eigenvalue weighted by Crippen LogP contribution is -2.48. The molecule has 0 saturated carbocycles. The minimum absolute atomic E-state index is 0.00172. The lowest BCUT2D eigenvalue weighted by Gasteiger charge is -2.25. The van der Waals surface area contributed by atoms with Gasteiger partial charge in [-0.05, 0) is 32.2 Å². The number of nitrogens with one attached hydrogen (secondary N) is 3. The van der Waals surface area contributed by atoms with Crippen LogP contribution in [0.25, 0.3) is 0 Å². The largest absolute Gasteiger partial charge is 0.355 e. The first kappa shape index (κ1) is 14.7. The summed E-state index contributed by atoms with van der Waals surface area (Å²) in [6.45, 7) is 1.40.